The molecule has 8 heteroatoms. The van der Waals surface area contributed by atoms with Crippen LogP contribution in [-0.4, -0.2) is 27.5 Å². The highest BCUT2D eigenvalue weighted by atomic mass is 32.1. The second-order valence-electron chi connectivity index (χ2n) is 4.89. The molecule has 2 N–H and O–H groups in total. The van der Waals surface area contributed by atoms with Gasteiger partial charge in [0, 0.05) is 17.5 Å². The van der Waals surface area contributed by atoms with Crippen LogP contribution in [0.2, 0.25) is 0 Å². The fourth-order valence-electron chi connectivity index (χ4n) is 1.88. The van der Waals surface area contributed by atoms with E-state index in [1.54, 1.807) is 11.3 Å². The van der Waals surface area contributed by atoms with Crippen molar-refractivity contribution >= 4 is 28.7 Å². The number of anilines is 2. The quantitative estimate of drug-likeness (QED) is 0.572. The Morgan fingerprint density at radius 3 is 2.82 bits per heavy atom. The van der Waals surface area contributed by atoms with Crippen molar-refractivity contribution in [3.63, 3.8) is 0 Å². The number of aromatic nitrogens is 2. The Kier molecular flexibility index (Phi) is 5.65. The molecule has 0 saturated carbocycles. The van der Waals surface area contributed by atoms with Crippen LogP contribution in [0.5, 0.6) is 0 Å². The zero-order valence-corrected chi connectivity index (χ0v) is 13.4. The van der Waals surface area contributed by atoms with Crippen molar-refractivity contribution in [3.05, 3.63) is 38.8 Å². The molecule has 22 heavy (non-hydrogen) atoms. The topological polar surface area (TPSA) is 93.0 Å². The summed E-state index contributed by atoms with van der Waals surface area (Å²) in [5, 5.41) is 19.5. The Labute approximate surface area is 133 Å². The summed E-state index contributed by atoms with van der Waals surface area (Å²) in [6.07, 6.45) is 2.99. The van der Waals surface area contributed by atoms with Gasteiger partial charge in [-0.15, -0.1) is 11.3 Å². The van der Waals surface area contributed by atoms with Gasteiger partial charge in [0.1, 0.15) is 6.33 Å². The predicted molar refractivity (Wildman–Crippen MR) is 88.6 cm³/mol. The van der Waals surface area contributed by atoms with Gasteiger partial charge in [-0.05, 0) is 31.2 Å². The van der Waals surface area contributed by atoms with Gasteiger partial charge >= 0.3 is 5.69 Å². The molecular formula is C14H19N5O2S. The van der Waals surface area contributed by atoms with Gasteiger partial charge in [0.25, 0.3) is 0 Å². The number of hydrogen-bond acceptors (Lipinski definition) is 7. The van der Waals surface area contributed by atoms with E-state index >= 15 is 0 Å². The smallest absolute Gasteiger partial charge is 0.353 e. The molecule has 0 spiro atoms. The minimum atomic E-state index is -0.446. The van der Waals surface area contributed by atoms with E-state index in [2.05, 4.69) is 20.6 Å². The summed E-state index contributed by atoms with van der Waals surface area (Å²) in [6, 6.07) is 4.13. The van der Waals surface area contributed by atoms with Gasteiger partial charge in [0.2, 0.25) is 11.6 Å². The van der Waals surface area contributed by atoms with E-state index in [1.165, 1.54) is 11.2 Å². The SMILES string of the molecule is CCC(C)Nc1ncnc(NCCc2cccs2)c1[N+](=O)[O-]. The molecular weight excluding hydrogens is 302 g/mol. The van der Waals surface area contributed by atoms with Crippen molar-refractivity contribution < 1.29 is 4.92 Å². The summed E-state index contributed by atoms with van der Waals surface area (Å²) in [6.45, 7) is 4.54. The molecule has 0 radical (unpaired) electrons. The third-order valence-electron chi connectivity index (χ3n) is 3.24. The standard InChI is InChI=1S/C14H19N5O2S/c1-3-10(2)18-14-12(19(20)21)13(16-9-17-14)15-7-6-11-5-4-8-22-11/h4-5,8-10H,3,6-7H2,1-2H3,(H2,15,16,17,18). The van der Waals surface area contributed by atoms with Gasteiger partial charge in [-0.3, -0.25) is 10.1 Å². The monoisotopic (exact) mass is 321 g/mol. The third kappa shape index (κ3) is 4.14. The fourth-order valence-corrected chi connectivity index (χ4v) is 2.59. The van der Waals surface area contributed by atoms with Crippen molar-refractivity contribution in [2.45, 2.75) is 32.7 Å². The lowest BCUT2D eigenvalue weighted by Gasteiger charge is -2.13. The summed E-state index contributed by atoms with van der Waals surface area (Å²) in [4.78, 5) is 20.1. The summed E-state index contributed by atoms with van der Waals surface area (Å²) in [5.74, 6) is 0.510. The van der Waals surface area contributed by atoms with Gasteiger partial charge in [0.05, 0.1) is 4.92 Å². The molecule has 0 bridgehead atoms. The van der Waals surface area contributed by atoms with Gasteiger partial charge < -0.3 is 10.6 Å². The maximum absolute atomic E-state index is 11.4. The molecule has 1 unspecified atom stereocenters. The number of nitro groups is 1. The van der Waals surface area contributed by atoms with Crippen LogP contribution >= 0.6 is 11.3 Å². The van der Waals surface area contributed by atoms with Gasteiger partial charge in [-0.2, -0.15) is 0 Å². The number of hydrogen-bond donors (Lipinski definition) is 2. The maximum Gasteiger partial charge on any atom is 0.353 e. The van der Waals surface area contributed by atoms with Gasteiger partial charge in [-0.25, -0.2) is 9.97 Å². The summed E-state index contributed by atoms with van der Waals surface area (Å²) in [7, 11) is 0. The van der Waals surface area contributed by atoms with E-state index in [-0.39, 0.29) is 23.4 Å². The van der Waals surface area contributed by atoms with E-state index in [9.17, 15) is 10.1 Å². The lowest BCUT2D eigenvalue weighted by atomic mass is 10.2. The van der Waals surface area contributed by atoms with Crippen LogP contribution in [0.4, 0.5) is 17.3 Å². The summed E-state index contributed by atoms with van der Waals surface area (Å²) < 4.78 is 0. The first-order valence-corrected chi connectivity index (χ1v) is 8.02. The first kappa shape index (κ1) is 16.2. The summed E-state index contributed by atoms with van der Waals surface area (Å²) in [5.41, 5.74) is -0.103. The van der Waals surface area contributed by atoms with Crippen LogP contribution in [0.1, 0.15) is 25.1 Å². The molecule has 1 atom stereocenters. The highest BCUT2D eigenvalue weighted by Gasteiger charge is 2.23. The van der Waals surface area contributed by atoms with Crippen molar-refractivity contribution in [3.8, 4) is 0 Å². The first-order chi connectivity index (χ1) is 10.6. The molecule has 0 amide bonds. The Morgan fingerprint density at radius 1 is 1.41 bits per heavy atom. The normalized spacial score (nSPS) is 11.9. The Morgan fingerprint density at radius 2 is 2.18 bits per heavy atom. The molecule has 2 aromatic heterocycles. The maximum atomic E-state index is 11.4. The average Bonchev–Trinajstić information content (AvgIpc) is 3.00. The molecule has 0 aliphatic heterocycles. The second-order valence-corrected chi connectivity index (χ2v) is 5.92. The van der Waals surface area contributed by atoms with Gasteiger partial charge in [0.15, 0.2) is 0 Å². The lowest BCUT2D eigenvalue weighted by molar-refractivity contribution is -0.383. The highest BCUT2D eigenvalue weighted by molar-refractivity contribution is 7.09. The Hall–Kier alpha value is -2.22. The largest absolute Gasteiger partial charge is 0.364 e. The Bertz CT molecular complexity index is 618. The summed E-state index contributed by atoms with van der Waals surface area (Å²) >= 11 is 1.66. The van der Waals surface area contributed by atoms with Crippen molar-refractivity contribution in [2.75, 3.05) is 17.2 Å². The number of rotatable bonds is 8. The zero-order chi connectivity index (χ0) is 15.9. The molecule has 0 aromatic carbocycles. The van der Waals surface area contributed by atoms with Gasteiger partial charge in [-0.1, -0.05) is 13.0 Å². The van der Waals surface area contributed by atoms with Crippen LogP contribution in [0.25, 0.3) is 0 Å². The second kappa shape index (κ2) is 7.69. The van der Waals surface area contributed by atoms with Crippen LogP contribution in [-0.2, 0) is 6.42 Å². The molecule has 2 rings (SSSR count). The minimum absolute atomic E-state index is 0.103. The van der Waals surface area contributed by atoms with Crippen molar-refractivity contribution in [1.29, 1.82) is 0 Å². The highest BCUT2D eigenvalue weighted by Crippen LogP contribution is 2.29. The van der Waals surface area contributed by atoms with Crippen LogP contribution in [0.3, 0.4) is 0 Å². The van der Waals surface area contributed by atoms with Crippen LogP contribution < -0.4 is 10.6 Å². The van der Waals surface area contributed by atoms with Crippen molar-refractivity contribution in [1.82, 2.24) is 9.97 Å². The van der Waals surface area contributed by atoms with E-state index in [4.69, 9.17) is 0 Å². The Balaban J connectivity index is 2.12. The molecule has 0 aliphatic rings. The predicted octanol–water partition coefficient (Wildman–Crippen LogP) is 3.31. The molecule has 7 nitrogen and oxygen atoms in total. The fraction of sp³-hybridized carbons (Fsp3) is 0.429. The molecule has 2 aromatic rings. The molecule has 0 saturated heterocycles. The molecule has 2 heterocycles. The first-order valence-electron chi connectivity index (χ1n) is 7.14. The van der Waals surface area contributed by atoms with Crippen LogP contribution in [0, 0.1) is 10.1 Å². The van der Waals surface area contributed by atoms with E-state index in [0.29, 0.717) is 6.54 Å². The van der Waals surface area contributed by atoms with E-state index in [1.807, 2.05) is 31.4 Å². The third-order valence-corrected chi connectivity index (χ3v) is 4.18. The average molecular weight is 321 g/mol. The molecule has 0 aliphatic carbocycles. The van der Waals surface area contributed by atoms with E-state index in [0.717, 1.165) is 12.8 Å². The number of nitrogens with zero attached hydrogens (tertiary/aromatic N) is 3. The van der Waals surface area contributed by atoms with Crippen molar-refractivity contribution in [2.24, 2.45) is 0 Å². The number of thiophene rings is 1. The lowest BCUT2D eigenvalue weighted by Crippen LogP contribution is -2.17. The zero-order valence-electron chi connectivity index (χ0n) is 12.6. The minimum Gasteiger partial charge on any atom is -0.364 e. The molecule has 118 valence electrons. The van der Waals surface area contributed by atoms with E-state index < -0.39 is 4.92 Å². The van der Waals surface area contributed by atoms with Crippen LogP contribution in [0.15, 0.2) is 23.8 Å². The molecule has 0 fully saturated rings. The number of nitrogens with one attached hydrogen (secondary N) is 2.